The average Bonchev–Trinajstić information content (AvgIpc) is 0.811. The van der Waals surface area contributed by atoms with Gasteiger partial charge in [-0.3, -0.25) is 0 Å². The fourth-order valence-corrected chi connectivity index (χ4v) is 0. The van der Waals surface area contributed by atoms with Crippen LogP contribution in [0.4, 0.5) is 0 Å². The molecule has 43 valence electrons. The Bertz CT molecular complexity index is 12.8. The van der Waals surface area contributed by atoms with Gasteiger partial charge in [-0.15, -0.1) is 0 Å². The third kappa shape index (κ3) is 49.5. The van der Waals surface area contributed by atoms with Crippen molar-refractivity contribution in [2.75, 3.05) is 0 Å². The van der Waals surface area contributed by atoms with Crippen LogP contribution in [-0.4, -0.2) is 23.9 Å². The van der Waals surface area contributed by atoms with E-state index < -0.39 is 14.7 Å². The van der Waals surface area contributed by atoms with E-state index in [1.165, 1.54) is 0 Å². The summed E-state index contributed by atoms with van der Waals surface area (Å²) in [6, 6.07) is 0. The summed E-state index contributed by atoms with van der Waals surface area (Å²) in [6.07, 6.45) is 0. The van der Waals surface area contributed by atoms with Crippen molar-refractivity contribution in [3.05, 3.63) is 0 Å². The molecular formula is Cl5SnTi. The second kappa shape index (κ2) is 16.0. The Kier molecular flexibility index (Phi) is 51.4. The quantitative estimate of drug-likeness (QED) is 0.390. The van der Waals surface area contributed by atoms with Crippen LogP contribution in [0.1, 0.15) is 0 Å². The molecule has 7 heteroatoms. The van der Waals surface area contributed by atoms with E-state index in [0.29, 0.717) is 0 Å². The van der Waals surface area contributed by atoms with E-state index in [1.54, 1.807) is 0 Å². The molecule has 0 aromatic carbocycles. The van der Waals surface area contributed by atoms with Gasteiger partial charge < -0.3 is 24.8 Å². The van der Waals surface area contributed by atoms with Crippen molar-refractivity contribution in [1.82, 2.24) is 0 Å². The molecule has 0 saturated heterocycles. The van der Waals surface area contributed by atoms with Crippen LogP contribution < -0.4 is 24.8 Å². The second-order valence-corrected chi connectivity index (χ2v) is 7.95. The van der Waals surface area contributed by atoms with Gasteiger partial charge in [0.2, 0.25) is 0 Å². The molecular weight excluding hydrogens is 344 g/mol. The topological polar surface area (TPSA) is 0 Å². The molecule has 0 aromatic heterocycles. The summed E-state index contributed by atoms with van der Waals surface area (Å²) in [5.41, 5.74) is 0. The molecule has 0 fully saturated rings. The summed E-state index contributed by atoms with van der Waals surface area (Å²) >= 11 is -1.92. The van der Waals surface area contributed by atoms with Gasteiger partial charge in [-0.25, -0.2) is 0 Å². The van der Waals surface area contributed by atoms with E-state index in [2.05, 4.69) is 0 Å². The zero-order valence-electron chi connectivity index (χ0n) is 2.89. The van der Waals surface area contributed by atoms with Gasteiger partial charge in [0.25, 0.3) is 0 Å². The van der Waals surface area contributed by atoms with E-state index in [0.717, 1.165) is 0 Å². The normalized spacial score (nSPS) is 3.86. The molecule has 0 bridgehead atoms. The molecule has 0 unspecified atom stereocenters. The molecule has 0 aliphatic heterocycles. The van der Waals surface area contributed by atoms with Crippen molar-refractivity contribution >= 4 is 51.8 Å². The zero-order chi connectivity index (χ0) is 3.58. The van der Waals surface area contributed by atoms with E-state index in [1.807, 2.05) is 0 Å². The zero-order valence-corrected chi connectivity index (χ0v) is 11.1. The standard InChI is InChI=1S/5ClH.Sn.Ti/h5*1H;;/q;;;;;+2;+3/p-5. The van der Waals surface area contributed by atoms with Crippen LogP contribution in [0.2, 0.25) is 0 Å². The summed E-state index contributed by atoms with van der Waals surface area (Å²) in [6.45, 7) is 0. The number of hydrogen-bond donors (Lipinski definition) is 0. The molecule has 0 saturated carbocycles. The molecule has 0 atom stereocenters. The smallest absolute Gasteiger partial charge is 2.00 e. The first-order valence-corrected chi connectivity index (χ1v) is 7.01. The molecule has 0 N–H and O–H groups in total. The minimum Gasteiger partial charge on any atom is 2.00 e. The van der Waals surface area contributed by atoms with Gasteiger partial charge in [0, 0.05) is 0 Å². The molecule has 0 nitrogen and oxygen atoms in total. The fourth-order valence-electron chi connectivity index (χ4n) is 0. The van der Waals surface area contributed by atoms with Gasteiger partial charge >= 0.3 is 66.5 Å². The van der Waals surface area contributed by atoms with Crippen molar-refractivity contribution in [3.63, 3.8) is 0 Å². The summed E-state index contributed by atoms with van der Waals surface area (Å²) < 4.78 is 0. The Morgan fingerprint density at radius 3 is 0.857 bits per heavy atom. The second-order valence-electron chi connectivity index (χ2n) is 0.214. The molecule has 0 heterocycles. The molecule has 0 aliphatic rings. The Labute approximate surface area is 89.9 Å². The molecule has 0 spiro atoms. The van der Waals surface area contributed by atoms with Gasteiger partial charge in [0.1, 0.15) is 0 Å². The van der Waals surface area contributed by atoms with Crippen LogP contribution in [-0.2, 0) is 14.7 Å². The predicted octanol–water partition coefficient (Wildman–Crippen LogP) is -4.31. The van der Waals surface area contributed by atoms with Crippen LogP contribution in [0.25, 0.3) is 0 Å². The monoisotopic (exact) mass is 343 g/mol. The third-order valence-electron chi connectivity index (χ3n) is 0. The van der Waals surface area contributed by atoms with Gasteiger partial charge in [-0.2, -0.15) is 0 Å². The summed E-state index contributed by atoms with van der Waals surface area (Å²) in [5.74, 6) is 0. The Balaban J connectivity index is -0.0000000150. The minimum absolute atomic E-state index is 0. The van der Waals surface area contributed by atoms with Gasteiger partial charge in [-0.05, 0) is 0 Å². The summed E-state index contributed by atoms with van der Waals surface area (Å²) in [5, 5.41) is 0. The van der Waals surface area contributed by atoms with E-state index in [9.17, 15) is 0 Å². The van der Waals surface area contributed by atoms with Crippen LogP contribution in [0.5, 0.6) is 0 Å². The first kappa shape index (κ1) is 22.5. The largest absolute Gasteiger partial charge is 2.00 e. The molecule has 0 rings (SSSR count). The number of halogens is 5. The van der Waals surface area contributed by atoms with Crippen molar-refractivity contribution in [1.29, 1.82) is 0 Å². The summed E-state index contributed by atoms with van der Waals surface area (Å²) in [4.78, 5) is 0. The van der Waals surface area contributed by atoms with Gasteiger partial charge in [0.05, 0.1) is 0 Å². The average molecular weight is 344 g/mol. The minimum atomic E-state index is -1.92. The van der Waals surface area contributed by atoms with Gasteiger partial charge in [0.15, 0.2) is 0 Å². The van der Waals surface area contributed by atoms with Crippen molar-refractivity contribution in [3.8, 4) is 0 Å². The predicted molar refractivity (Wildman–Crippen MR) is 23.3 cm³/mol. The Morgan fingerprint density at radius 2 is 0.857 bits per heavy atom. The summed E-state index contributed by atoms with van der Waals surface area (Å²) in [7, 11) is 14.9. The van der Waals surface area contributed by atoms with Crippen LogP contribution in [0.15, 0.2) is 0 Å². The van der Waals surface area contributed by atoms with Crippen molar-refractivity contribution in [2.24, 2.45) is 0 Å². The fraction of sp³-hybridized carbons (Fsp3) is 0. The van der Waals surface area contributed by atoms with E-state index in [4.69, 9.17) is 27.9 Å². The first-order valence-electron chi connectivity index (χ1n) is 0.567. The third-order valence-corrected chi connectivity index (χ3v) is 0. The van der Waals surface area contributed by atoms with Crippen molar-refractivity contribution in [2.45, 2.75) is 0 Å². The van der Waals surface area contributed by atoms with Crippen LogP contribution in [0.3, 0.4) is 0 Å². The first-order chi connectivity index (χ1) is 1.73. The van der Waals surface area contributed by atoms with E-state index >= 15 is 0 Å². The SMILES string of the molecule is [Cl-].[Cl-].[Cl][Ti]([Cl])[Cl].[Sn+2]. The molecule has 0 amide bonds. The Morgan fingerprint density at radius 1 is 0.857 bits per heavy atom. The van der Waals surface area contributed by atoms with Crippen LogP contribution in [0, 0.1) is 0 Å². The molecule has 0 aliphatic carbocycles. The van der Waals surface area contributed by atoms with Crippen LogP contribution >= 0.6 is 27.9 Å². The maximum absolute atomic E-state index is 4.97. The maximum atomic E-state index is 4.97. The van der Waals surface area contributed by atoms with E-state index in [-0.39, 0.29) is 48.7 Å². The molecule has 2 radical (unpaired) electrons. The number of hydrogen-bond acceptors (Lipinski definition) is 0. The van der Waals surface area contributed by atoms with Crippen molar-refractivity contribution < 1.29 is 39.5 Å². The molecule has 7 heavy (non-hydrogen) atoms. The maximum Gasteiger partial charge on any atom is 2.00 e. The Hall–Kier alpha value is 2.96. The molecule has 0 aromatic rings. The van der Waals surface area contributed by atoms with Gasteiger partial charge in [-0.1, -0.05) is 0 Å². The number of rotatable bonds is 0.